The lowest BCUT2D eigenvalue weighted by molar-refractivity contribution is 0.245. The summed E-state index contributed by atoms with van der Waals surface area (Å²) in [6.07, 6.45) is 5.68. The predicted octanol–water partition coefficient (Wildman–Crippen LogP) is 4.70. The van der Waals surface area contributed by atoms with Crippen LogP contribution >= 0.6 is 12.2 Å². The number of ether oxygens (including phenoxy) is 1. The van der Waals surface area contributed by atoms with Gasteiger partial charge in [-0.2, -0.15) is 0 Å². The average Bonchev–Trinajstić information content (AvgIpc) is 3.18. The van der Waals surface area contributed by atoms with Gasteiger partial charge in [0, 0.05) is 6.04 Å². The molecule has 1 N–H and O–H groups in total. The number of H-pyrrole nitrogens is 1. The Hall–Kier alpha value is -1.29. The van der Waals surface area contributed by atoms with Gasteiger partial charge in [-0.15, -0.1) is 0 Å². The molecule has 0 amide bonds. The van der Waals surface area contributed by atoms with Crippen LogP contribution in [0.5, 0.6) is 5.75 Å². The molecule has 2 aliphatic carbocycles. The molecular formula is C17H22N2OS. The highest BCUT2D eigenvalue weighted by atomic mass is 32.1. The molecular weight excluding hydrogens is 280 g/mol. The van der Waals surface area contributed by atoms with E-state index in [1.165, 1.54) is 31.2 Å². The Morgan fingerprint density at radius 3 is 2.86 bits per heavy atom. The van der Waals surface area contributed by atoms with E-state index in [2.05, 4.69) is 22.5 Å². The Labute approximate surface area is 130 Å². The monoisotopic (exact) mass is 302 g/mol. The number of methoxy groups -OCH3 is 1. The molecule has 1 aromatic heterocycles. The van der Waals surface area contributed by atoms with Crippen molar-refractivity contribution >= 4 is 23.3 Å². The molecule has 21 heavy (non-hydrogen) atoms. The lowest BCUT2D eigenvalue weighted by Gasteiger charge is -2.29. The number of para-hydroxylation sites is 1. The van der Waals surface area contributed by atoms with Gasteiger partial charge >= 0.3 is 0 Å². The van der Waals surface area contributed by atoms with E-state index in [1.807, 2.05) is 12.1 Å². The molecule has 2 aromatic rings. The summed E-state index contributed by atoms with van der Waals surface area (Å²) >= 11 is 5.61. The Balaban J connectivity index is 1.79. The smallest absolute Gasteiger partial charge is 0.178 e. The molecule has 0 spiro atoms. The number of hydrogen-bond acceptors (Lipinski definition) is 2. The van der Waals surface area contributed by atoms with E-state index in [1.54, 1.807) is 7.11 Å². The lowest BCUT2D eigenvalue weighted by atomic mass is 9.84. The van der Waals surface area contributed by atoms with Crippen molar-refractivity contribution in [2.24, 2.45) is 17.8 Å². The Morgan fingerprint density at radius 1 is 1.33 bits per heavy atom. The summed E-state index contributed by atoms with van der Waals surface area (Å²) in [5, 5.41) is 0. The van der Waals surface area contributed by atoms with E-state index in [0.717, 1.165) is 33.8 Å². The van der Waals surface area contributed by atoms with E-state index >= 15 is 0 Å². The highest BCUT2D eigenvalue weighted by Gasteiger charge is 2.42. The minimum atomic E-state index is 0.466. The molecule has 0 saturated heterocycles. The first-order valence-corrected chi connectivity index (χ1v) is 8.37. The van der Waals surface area contributed by atoms with Gasteiger partial charge in [0.05, 0.1) is 12.6 Å². The van der Waals surface area contributed by atoms with Gasteiger partial charge in [0.25, 0.3) is 0 Å². The normalized spacial score (nSPS) is 29.1. The van der Waals surface area contributed by atoms with Gasteiger partial charge in [0.2, 0.25) is 0 Å². The third-order valence-electron chi connectivity index (χ3n) is 5.75. The van der Waals surface area contributed by atoms with Crippen LogP contribution in [-0.2, 0) is 0 Å². The van der Waals surface area contributed by atoms with Crippen molar-refractivity contribution < 1.29 is 4.74 Å². The molecule has 2 fully saturated rings. The van der Waals surface area contributed by atoms with Crippen LogP contribution in [0.4, 0.5) is 0 Å². The fraction of sp³-hybridized carbons (Fsp3) is 0.588. The summed E-state index contributed by atoms with van der Waals surface area (Å²) in [7, 11) is 1.71. The quantitative estimate of drug-likeness (QED) is 0.833. The van der Waals surface area contributed by atoms with Crippen molar-refractivity contribution in [3.8, 4) is 5.75 Å². The van der Waals surface area contributed by atoms with Gasteiger partial charge < -0.3 is 14.3 Å². The number of nitrogens with one attached hydrogen (secondary N) is 1. The number of nitrogens with zero attached hydrogens (tertiary/aromatic N) is 1. The van der Waals surface area contributed by atoms with Crippen LogP contribution in [0, 0.1) is 22.5 Å². The zero-order valence-corrected chi connectivity index (χ0v) is 13.5. The van der Waals surface area contributed by atoms with Gasteiger partial charge in [0.15, 0.2) is 4.77 Å². The third-order valence-corrected chi connectivity index (χ3v) is 6.05. The standard InChI is InChI=1S/C17H22N2OS/c1-10(13-9-11-6-7-12(13)8-11)19-14-4-3-5-15(20-2)16(14)18-17(19)21/h3-5,10-13H,6-9H2,1-2H3,(H,18,21). The van der Waals surface area contributed by atoms with Crippen molar-refractivity contribution in [3.05, 3.63) is 23.0 Å². The number of imidazole rings is 1. The molecule has 2 bridgehead atoms. The minimum Gasteiger partial charge on any atom is -0.494 e. The van der Waals surface area contributed by atoms with Crippen molar-refractivity contribution in [2.75, 3.05) is 7.11 Å². The van der Waals surface area contributed by atoms with Crippen molar-refractivity contribution in [3.63, 3.8) is 0 Å². The first-order valence-electron chi connectivity index (χ1n) is 7.96. The number of rotatable bonds is 3. The van der Waals surface area contributed by atoms with Crippen LogP contribution in [0.15, 0.2) is 18.2 Å². The zero-order chi connectivity index (χ0) is 14.6. The molecule has 112 valence electrons. The van der Waals surface area contributed by atoms with E-state index in [9.17, 15) is 0 Å². The SMILES string of the molecule is COc1cccc2c1[nH]c(=S)n2C(C)C1CC2CCC1C2. The summed E-state index contributed by atoms with van der Waals surface area (Å²) in [5.74, 6) is 3.52. The van der Waals surface area contributed by atoms with Crippen molar-refractivity contribution in [1.29, 1.82) is 0 Å². The topological polar surface area (TPSA) is 29.9 Å². The van der Waals surface area contributed by atoms with Crippen LogP contribution < -0.4 is 4.74 Å². The largest absolute Gasteiger partial charge is 0.494 e. The van der Waals surface area contributed by atoms with E-state index in [4.69, 9.17) is 17.0 Å². The van der Waals surface area contributed by atoms with Crippen molar-refractivity contribution in [1.82, 2.24) is 9.55 Å². The molecule has 2 aliphatic rings. The van der Waals surface area contributed by atoms with Crippen LogP contribution in [0.1, 0.15) is 38.6 Å². The average molecular weight is 302 g/mol. The Morgan fingerprint density at radius 2 is 2.19 bits per heavy atom. The number of aromatic nitrogens is 2. The second kappa shape index (κ2) is 4.87. The summed E-state index contributed by atoms with van der Waals surface area (Å²) in [6.45, 7) is 2.34. The molecule has 4 heteroatoms. The van der Waals surface area contributed by atoms with E-state index < -0.39 is 0 Å². The lowest BCUT2D eigenvalue weighted by Crippen LogP contribution is -2.22. The van der Waals surface area contributed by atoms with Crippen molar-refractivity contribution in [2.45, 2.75) is 38.6 Å². The molecule has 2 saturated carbocycles. The maximum Gasteiger partial charge on any atom is 0.178 e. The Kier molecular flexibility index (Phi) is 3.10. The molecule has 0 aliphatic heterocycles. The first-order chi connectivity index (χ1) is 10.2. The van der Waals surface area contributed by atoms with Crippen LogP contribution in [-0.4, -0.2) is 16.7 Å². The van der Waals surface area contributed by atoms with E-state index in [0.29, 0.717) is 6.04 Å². The maximum absolute atomic E-state index is 5.61. The van der Waals surface area contributed by atoms with Gasteiger partial charge in [-0.3, -0.25) is 0 Å². The molecule has 1 heterocycles. The summed E-state index contributed by atoms with van der Waals surface area (Å²) in [4.78, 5) is 3.35. The third kappa shape index (κ3) is 1.95. The second-order valence-corrected chi connectivity index (χ2v) is 7.12. The van der Waals surface area contributed by atoms with Gasteiger partial charge in [-0.25, -0.2) is 0 Å². The fourth-order valence-electron chi connectivity index (χ4n) is 4.77. The molecule has 1 aromatic carbocycles. The number of fused-ring (bicyclic) bond motifs is 3. The van der Waals surface area contributed by atoms with Gasteiger partial charge in [-0.1, -0.05) is 12.5 Å². The molecule has 4 unspecified atom stereocenters. The molecule has 0 radical (unpaired) electrons. The van der Waals surface area contributed by atoms with Crippen LogP contribution in [0.25, 0.3) is 11.0 Å². The maximum atomic E-state index is 5.61. The van der Waals surface area contributed by atoms with Crippen LogP contribution in [0.3, 0.4) is 0 Å². The molecule has 3 nitrogen and oxygen atoms in total. The number of aromatic amines is 1. The second-order valence-electron chi connectivity index (χ2n) is 6.73. The highest BCUT2D eigenvalue weighted by molar-refractivity contribution is 7.71. The Bertz CT molecular complexity index is 732. The summed E-state index contributed by atoms with van der Waals surface area (Å²) < 4.78 is 8.60. The molecule has 4 atom stereocenters. The van der Waals surface area contributed by atoms with Gasteiger partial charge in [-0.05, 0) is 68.3 Å². The van der Waals surface area contributed by atoms with Crippen LogP contribution in [0.2, 0.25) is 0 Å². The highest BCUT2D eigenvalue weighted by Crippen LogP contribution is 2.52. The number of hydrogen-bond donors (Lipinski definition) is 1. The fourth-order valence-corrected chi connectivity index (χ4v) is 5.14. The number of benzene rings is 1. The minimum absolute atomic E-state index is 0.466. The zero-order valence-electron chi connectivity index (χ0n) is 12.6. The summed E-state index contributed by atoms with van der Waals surface area (Å²) in [6, 6.07) is 6.65. The first kappa shape index (κ1) is 13.4. The van der Waals surface area contributed by atoms with E-state index in [-0.39, 0.29) is 0 Å². The predicted molar refractivity (Wildman–Crippen MR) is 87.3 cm³/mol. The molecule has 4 rings (SSSR count). The summed E-state index contributed by atoms with van der Waals surface area (Å²) in [5.41, 5.74) is 2.20. The van der Waals surface area contributed by atoms with Gasteiger partial charge in [0.1, 0.15) is 11.3 Å².